The number of carbonyl (C=O) groups is 2. The molecule has 0 radical (unpaired) electrons. The number of hydrogen-bond donors (Lipinski definition) is 3. The SMILES string of the molecule is COc1ccccc1C1(O)CCC(N2CC(NC(=O)CNC(=O)Cc3cccc(C(F)(F)F)c3)C2)CC1. The lowest BCUT2D eigenvalue weighted by molar-refractivity contribution is -0.137. The largest absolute Gasteiger partial charge is 0.496 e. The molecule has 200 valence electrons. The molecule has 0 unspecified atom stereocenters. The summed E-state index contributed by atoms with van der Waals surface area (Å²) in [5.74, 6) is -0.164. The van der Waals surface area contributed by atoms with Gasteiger partial charge in [-0.25, -0.2) is 0 Å². The molecule has 0 bridgehead atoms. The van der Waals surface area contributed by atoms with E-state index < -0.39 is 23.2 Å². The number of methoxy groups -OCH3 is 1. The minimum absolute atomic E-state index is 0.0251. The van der Waals surface area contributed by atoms with Crippen molar-refractivity contribution in [1.29, 1.82) is 0 Å². The predicted octanol–water partition coefficient (Wildman–Crippen LogP) is 3.00. The molecule has 2 aromatic carbocycles. The molecular formula is C27H32F3N3O4. The van der Waals surface area contributed by atoms with Gasteiger partial charge in [-0.05, 0) is 43.4 Å². The Morgan fingerprint density at radius 2 is 1.78 bits per heavy atom. The zero-order valence-electron chi connectivity index (χ0n) is 20.7. The third-order valence-corrected chi connectivity index (χ3v) is 7.25. The van der Waals surface area contributed by atoms with Gasteiger partial charge in [0.05, 0.1) is 37.3 Å². The number of para-hydroxylation sites is 1. The second-order valence-corrected chi connectivity index (χ2v) is 9.83. The zero-order chi connectivity index (χ0) is 26.6. The number of alkyl halides is 3. The van der Waals surface area contributed by atoms with Crippen LogP contribution in [0, 0.1) is 0 Å². The van der Waals surface area contributed by atoms with Gasteiger partial charge in [0.1, 0.15) is 5.75 Å². The van der Waals surface area contributed by atoms with Crippen LogP contribution in [0.25, 0.3) is 0 Å². The molecule has 1 heterocycles. The van der Waals surface area contributed by atoms with Crippen LogP contribution in [0.5, 0.6) is 5.75 Å². The highest BCUT2D eigenvalue weighted by atomic mass is 19.4. The lowest BCUT2D eigenvalue weighted by Gasteiger charge is -2.48. The highest BCUT2D eigenvalue weighted by Crippen LogP contribution is 2.42. The van der Waals surface area contributed by atoms with Gasteiger partial charge in [0.2, 0.25) is 11.8 Å². The monoisotopic (exact) mass is 519 g/mol. The van der Waals surface area contributed by atoms with E-state index in [-0.39, 0.29) is 30.5 Å². The highest BCUT2D eigenvalue weighted by molar-refractivity contribution is 5.85. The summed E-state index contributed by atoms with van der Waals surface area (Å²) in [6.45, 7) is 1.16. The predicted molar refractivity (Wildman–Crippen MR) is 131 cm³/mol. The number of aliphatic hydroxyl groups is 1. The first-order chi connectivity index (χ1) is 17.6. The summed E-state index contributed by atoms with van der Waals surface area (Å²) in [6.07, 6.45) is -1.79. The fourth-order valence-corrected chi connectivity index (χ4v) is 5.21. The van der Waals surface area contributed by atoms with E-state index in [1.165, 1.54) is 12.1 Å². The Kier molecular flexibility index (Phi) is 8.08. The molecule has 0 spiro atoms. The smallest absolute Gasteiger partial charge is 0.416 e. The molecule has 1 saturated heterocycles. The Hall–Kier alpha value is -3.11. The van der Waals surface area contributed by atoms with Gasteiger partial charge in [-0.15, -0.1) is 0 Å². The van der Waals surface area contributed by atoms with Crippen molar-refractivity contribution >= 4 is 11.8 Å². The van der Waals surface area contributed by atoms with Crippen LogP contribution >= 0.6 is 0 Å². The first-order valence-electron chi connectivity index (χ1n) is 12.4. The van der Waals surface area contributed by atoms with Crippen molar-refractivity contribution in [2.75, 3.05) is 26.7 Å². The topological polar surface area (TPSA) is 90.9 Å². The van der Waals surface area contributed by atoms with Gasteiger partial charge in [-0.2, -0.15) is 13.2 Å². The van der Waals surface area contributed by atoms with Gasteiger partial charge in [0, 0.05) is 24.7 Å². The molecule has 0 atom stereocenters. The summed E-state index contributed by atoms with van der Waals surface area (Å²) < 4.78 is 43.9. The van der Waals surface area contributed by atoms with Gasteiger partial charge >= 0.3 is 6.18 Å². The summed E-state index contributed by atoms with van der Waals surface area (Å²) >= 11 is 0. The molecule has 10 heteroatoms. The maximum atomic E-state index is 12.8. The van der Waals surface area contributed by atoms with Crippen molar-refractivity contribution in [2.45, 2.75) is 56.0 Å². The Morgan fingerprint density at radius 3 is 2.46 bits per heavy atom. The number of ether oxygens (including phenoxy) is 1. The molecule has 3 N–H and O–H groups in total. The van der Waals surface area contributed by atoms with E-state index in [0.717, 1.165) is 30.5 Å². The fourth-order valence-electron chi connectivity index (χ4n) is 5.21. The van der Waals surface area contributed by atoms with Crippen LogP contribution < -0.4 is 15.4 Å². The minimum Gasteiger partial charge on any atom is -0.496 e. The third kappa shape index (κ3) is 6.61. The summed E-state index contributed by atoms with van der Waals surface area (Å²) in [4.78, 5) is 26.6. The second kappa shape index (κ2) is 11.1. The van der Waals surface area contributed by atoms with Crippen LogP contribution in [0.1, 0.15) is 42.4 Å². The van der Waals surface area contributed by atoms with Gasteiger partial charge < -0.3 is 20.5 Å². The highest BCUT2D eigenvalue weighted by Gasteiger charge is 2.41. The summed E-state index contributed by atoms with van der Waals surface area (Å²) in [5.41, 5.74) is -0.673. The van der Waals surface area contributed by atoms with Gasteiger partial charge in [-0.3, -0.25) is 14.5 Å². The summed E-state index contributed by atoms with van der Waals surface area (Å²) in [6, 6.07) is 12.4. The molecular weight excluding hydrogens is 487 g/mol. The van der Waals surface area contributed by atoms with E-state index in [1.54, 1.807) is 7.11 Å². The van der Waals surface area contributed by atoms with E-state index in [0.29, 0.717) is 37.7 Å². The van der Waals surface area contributed by atoms with Crippen LogP contribution in [0.15, 0.2) is 48.5 Å². The van der Waals surface area contributed by atoms with Crippen molar-refractivity contribution in [3.05, 3.63) is 65.2 Å². The van der Waals surface area contributed by atoms with E-state index in [1.807, 2.05) is 24.3 Å². The maximum absolute atomic E-state index is 12.8. The number of likely N-dealkylation sites (tertiary alicyclic amines) is 1. The average molecular weight is 520 g/mol. The summed E-state index contributed by atoms with van der Waals surface area (Å²) in [5, 5.41) is 16.6. The van der Waals surface area contributed by atoms with Crippen molar-refractivity contribution in [1.82, 2.24) is 15.5 Å². The fraction of sp³-hybridized carbons (Fsp3) is 0.481. The number of rotatable bonds is 8. The van der Waals surface area contributed by atoms with Crippen LogP contribution in [-0.4, -0.2) is 60.6 Å². The number of halogens is 3. The molecule has 2 aliphatic rings. The van der Waals surface area contributed by atoms with Crippen LogP contribution in [0.4, 0.5) is 13.2 Å². The van der Waals surface area contributed by atoms with Gasteiger partial charge in [0.25, 0.3) is 0 Å². The molecule has 1 aliphatic carbocycles. The number of carbonyl (C=O) groups excluding carboxylic acids is 2. The first-order valence-corrected chi connectivity index (χ1v) is 12.4. The number of nitrogens with one attached hydrogen (secondary N) is 2. The molecule has 2 amide bonds. The second-order valence-electron chi connectivity index (χ2n) is 9.83. The average Bonchev–Trinajstić information content (AvgIpc) is 2.85. The van der Waals surface area contributed by atoms with Crippen LogP contribution in [0.3, 0.4) is 0 Å². The Balaban J connectivity index is 1.16. The number of benzene rings is 2. The standard InChI is InChI=1S/C27H32F3N3O4/c1-37-23-8-3-2-7-22(23)26(36)11-9-21(10-12-26)33-16-20(17-33)32-25(35)15-31-24(34)14-18-5-4-6-19(13-18)27(28,29)30/h2-8,13,20-21,36H,9-12,14-17H2,1H3,(H,31,34)(H,32,35). The normalized spacial score (nSPS) is 22.7. The Bertz CT molecular complexity index is 1110. The van der Waals surface area contributed by atoms with Crippen LogP contribution in [-0.2, 0) is 27.8 Å². The molecule has 4 rings (SSSR count). The first kappa shape index (κ1) is 26.9. The van der Waals surface area contributed by atoms with Crippen molar-refractivity contribution in [3.8, 4) is 5.75 Å². The Labute approximate surface area is 214 Å². The quantitative estimate of drug-likeness (QED) is 0.499. The maximum Gasteiger partial charge on any atom is 0.416 e. The van der Waals surface area contributed by atoms with Crippen molar-refractivity contribution < 1.29 is 32.6 Å². The molecule has 2 aromatic rings. The zero-order valence-corrected chi connectivity index (χ0v) is 20.7. The molecule has 1 aliphatic heterocycles. The number of hydrogen-bond acceptors (Lipinski definition) is 5. The van der Waals surface area contributed by atoms with E-state index >= 15 is 0 Å². The van der Waals surface area contributed by atoms with Gasteiger partial charge in [-0.1, -0.05) is 36.4 Å². The molecule has 7 nitrogen and oxygen atoms in total. The Morgan fingerprint density at radius 1 is 1.08 bits per heavy atom. The van der Waals surface area contributed by atoms with Crippen molar-refractivity contribution in [2.24, 2.45) is 0 Å². The number of nitrogens with zero attached hydrogens (tertiary/aromatic N) is 1. The number of amides is 2. The molecule has 37 heavy (non-hydrogen) atoms. The van der Waals surface area contributed by atoms with Crippen molar-refractivity contribution in [3.63, 3.8) is 0 Å². The molecule has 2 fully saturated rings. The molecule has 1 saturated carbocycles. The lowest BCUT2D eigenvalue weighted by atomic mass is 9.76. The van der Waals surface area contributed by atoms with E-state index in [2.05, 4.69) is 15.5 Å². The molecule has 0 aromatic heterocycles. The van der Waals surface area contributed by atoms with E-state index in [9.17, 15) is 27.9 Å². The van der Waals surface area contributed by atoms with Gasteiger partial charge in [0.15, 0.2) is 0 Å². The minimum atomic E-state index is -4.47. The van der Waals surface area contributed by atoms with E-state index in [4.69, 9.17) is 4.74 Å². The summed E-state index contributed by atoms with van der Waals surface area (Å²) in [7, 11) is 1.60. The third-order valence-electron chi connectivity index (χ3n) is 7.25. The lowest BCUT2D eigenvalue weighted by Crippen LogP contribution is -2.63. The van der Waals surface area contributed by atoms with Crippen LogP contribution in [0.2, 0.25) is 0 Å².